The normalized spacial score (nSPS) is 17.0. The van der Waals surface area contributed by atoms with E-state index in [9.17, 15) is 0 Å². The minimum atomic E-state index is 0.535. The second-order valence-corrected chi connectivity index (χ2v) is 7.70. The van der Waals surface area contributed by atoms with Crippen LogP contribution in [0.2, 0.25) is 0 Å². The number of hydrogen-bond acceptors (Lipinski definition) is 5. The second kappa shape index (κ2) is 11.1. The van der Waals surface area contributed by atoms with Crippen molar-refractivity contribution in [2.75, 3.05) is 46.6 Å². The molecule has 0 saturated carbocycles. The van der Waals surface area contributed by atoms with E-state index in [0.717, 1.165) is 61.4 Å². The number of methoxy groups -OCH3 is 1. The van der Waals surface area contributed by atoms with E-state index in [0.29, 0.717) is 25.7 Å². The maximum Gasteiger partial charge on any atom is 0.194 e. The predicted molar refractivity (Wildman–Crippen MR) is 118 cm³/mol. The van der Waals surface area contributed by atoms with Crippen molar-refractivity contribution in [3.8, 4) is 5.82 Å². The minimum Gasteiger partial charge on any atom is -0.382 e. The number of nitrogens with one attached hydrogen (secondary N) is 1. The highest BCUT2D eigenvalue weighted by atomic mass is 16.5. The molecule has 8 nitrogen and oxygen atoms in total. The number of aryl methyl sites for hydroxylation is 2. The lowest BCUT2D eigenvalue weighted by atomic mass is 10.1. The van der Waals surface area contributed by atoms with Gasteiger partial charge in [0.1, 0.15) is 0 Å². The molecule has 3 heterocycles. The standard InChI is InChI=1S/C22H34N6O2/c1-5-23-22(27-9-8-20(15-27)16-30-11-10-29-4)25-14-19-6-7-21(24-13-19)28-18(3)12-17(2)26-28/h6-7,12-13,20H,5,8-11,14-16H2,1-4H3,(H,23,25). The topological polar surface area (TPSA) is 76.8 Å². The first-order valence-electron chi connectivity index (χ1n) is 10.7. The average molecular weight is 415 g/mol. The summed E-state index contributed by atoms with van der Waals surface area (Å²) in [6.07, 6.45) is 3.01. The predicted octanol–water partition coefficient (Wildman–Crippen LogP) is 2.33. The number of hydrogen-bond donors (Lipinski definition) is 1. The molecule has 0 spiro atoms. The number of rotatable bonds is 9. The zero-order chi connectivity index (χ0) is 21.3. The van der Waals surface area contributed by atoms with Crippen LogP contribution in [0.3, 0.4) is 0 Å². The average Bonchev–Trinajstić information content (AvgIpc) is 3.35. The number of aliphatic imine (C=N–C) groups is 1. The molecule has 2 aromatic rings. The Morgan fingerprint density at radius 2 is 2.17 bits per heavy atom. The summed E-state index contributed by atoms with van der Waals surface area (Å²) in [6, 6.07) is 6.12. The Hall–Kier alpha value is -2.45. The molecule has 1 atom stereocenters. The Kier molecular flexibility index (Phi) is 8.21. The molecule has 2 aromatic heterocycles. The molecule has 1 fully saturated rings. The Morgan fingerprint density at radius 1 is 1.30 bits per heavy atom. The Labute approximate surface area is 179 Å². The highest BCUT2D eigenvalue weighted by Gasteiger charge is 2.24. The quantitative estimate of drug-likeness (QED) is 0.386. The fourth-order valence-corrected chi connectivity index (χ4v) is 3.64. The van der Waals surface area contributed by atoms with Crippen LogP contribution in [0, 0.1) is 19.8 Å². The maximum absolute atomic E-state index is 5.71. The van der Waals surface area contributed by atoms with Gasteiger partial charge in [0.05, 0.1) is 32.1 Å². The molecule has 0 aliphatic carbocycles. The summed E-state index contributed by atoms with van der Waals surface area (Å²) in [6.45, 7) is 11.6. The van der Waals surface area contributed by atoms with Crippen molar-refractivity contribution in [3.05, 3.63) is 41.3 Å². The van der Waals surface area contributed by atoms with E-state index in [4.69, 9.17) is 14.5 Å². The molecule has 3 rings (SSSR count). The van der Waals surface area contributed by atoms with E-state index in [2.05, 4.69) is 39.4 Å². The summed E-state index contributed by atoms with van der Waals surface area (Å²) in [5.41, 5.74) is 3.15. The zero-order valence-corrected chi connectivity index (χ0v) is 18.6. The summed E-state index contributed by atoms with van der Waals surface area (Å²) in [5, 5.41) is 7.91. The van der Waals surface area contributed by atoms with E-state index in [1.165, 1.54) is 0 Å². The second-order valence-electron chi connectivity index (χ2n) is 7.70. The van der Waals surface area contributed by atoms with E-state index >= 15 is 0 Å². The molecule has 164 valence electrons. The molecular weight excluding hydrogens is 380 g/mol. The monoisotopic (exact) mass is 414 g/mol. The van der Waals surface area contributed by atoms with Gasteiger partial charge in [-0.25, -0.2) is 14.7 Å². The van der Waals surface area contributed by atoms with Crippen LogP contribution in [0.15, 0.2) is 29.4 Å². The van der Waals surface area contributed by atoms with Gasteiger partial charge in [-0.15, -0.1) is 0 Å². The van der Waals surface area contributed by atoms with Crippen molar-refractivity contribution < 1.29 is 9.47 Å². The Bertz CT molecular complexity index is 818. The molecule has 1 aliphatic heterocycles. The summed E-state index contributed by atoms with van der Waals surface area (Å²) >= 11 is 0. The summed E-state index contributed by atoms with van der Waals surface area (Å²) < 4.78 is 12.6. The van der Waals surface area contributed by atoms with Crippen LogP contribution in [0.4, 0.5) is 0 Å². The van der Waals surface area contributed by atoms with Gasteiger partial charge in [0, 0.05) is 44.6 Å². The van der Waals surface area contributed by atoms with Crippen LogP contribution in [0.5, 0.6) is 0 Å². The van der Waals surface area contributed by atoms with Crippen LogP contribution in [-0.4, -0.2) is 72.2 Å². The van der Waals surface area contributed by atoms with Crippen LogP contribution in [0.25, 0.3) is 5.82 Å². The smallest absolute Gasteiger partial charge is 0.194 e. The third-order valence-electron chi connectivity index (χ3n) is 5.15. The largest absolute Gasteiger partial charge is 0.382 e. The summed E-state index contributed by atoms with van der Waals surface area (Å²) in [4.78, 5) is 11.7. The van der Waals surface area contributed by atoms with Crippen molar-refractivity contribution in [1.29, 1.82) is 0 Å². The van der Waals surface area contributed by atoms with Crippen LogP contribution >= 0.6 is 0 Å². The van der Waals surface area contributed by atoms with Gasteiger partial charge in [0.2, 0.25) is 0 Å². The number of ether oxygens (including phenoxy) is 2. The summed E-state index contributed by atoms with van der Waals surface area (Å²) in [5.74, 6) is 2.32. The van der Waals surface area contributed by atoms with Gasteiger partial charge >= 0.3 is 0 Å². The lowest BCUT2D eigenvalue weighted by Crippen LogP contribution is -2.40. The molecule has 0 bridgehead atoms. The molecule has 1 saturated heterocycles. The Balaban J connectivity index is 1.57. The third-order valence-corrected chi connectivity index (χ3v) is 5.15. The van der Waals surface area contributed by atoms with Gasteiger partial charge < -0.3 is 19.7 Å². The van der Waals surface area contributed by atoms with Crippen molar-refractivity contribution in [2.45, 2.75) is 33.7 Å². The number of pyridine rings is 1. The van der Waals surface area contributed by atoms with E-state index in [-0.39, 0.29) is 0 Å². The van der Waals surface area contributed by atoms with Gasteiger partial charge in [0.25, 0.3) is 0 Å². The first kappa shape index (κ1) is 22.2. The zero-order valence-electron chi connectivity index (χ0n) is 18.6. The first-order chi connectivity index (χ1) is 14.6. The molecule has 30 heavy (non-hydrogen) atoms. The van der Waals surface area contributed by atoms with Gasteiger partial charge in [-0.1, -0.05) is 6.07 Å². The van der Waals surface area contributed by atoms with Crippen molar-refractivity contribution in [2.24, 2.45) is 10.9 Å². The van der Waals surface area contributed by atoms with E-state index in [1.807, 2.05) is 30.8 Å². The molecule has 8 heteroatoms. The first-order valence-corrected chi connectivity index (χ1v) is 10.7. The van der Waals surface area contributed by atoms with Crippen LogP contribution in [0.1, 0.15) is 30.3 Å². The Morgan fingerprint density at radius 3 is 2.83 bits per heavy atom. The summed E-state index contributed by atoms with van der Waals surface area (Å²) in [7, 11) is 1.70. The SMILES string of the molecule is CCNC(=NCc1ccc(-n2nc(C)cc2C)nc1)N1CCC(COCCOC)C1. The van der Waals surface area contributed by atoms with Crippen LogP contribution < -0.4 is 5.32 Å². The van der Waals surface area contributed by atoms with Gasteiger partial charge in [-0.2, -0.15) is 5.10 Å². The molecular formula is C22H34N6O2. The van der Waals surface area contributed by atoms with E-state index in [1.54, 1.807) is 7.11 Å². The fourth-order valence-electron chi connectivity index (χ4n) is 3.64. The van der Waals surface area contributed by atoms with Gasteiger partial charge in [-0.05, 0) is 44.9 Å². The highest BCUT2D eigenvalue weighted by molar-refractivity contribution is 5.80. The van der Waals surface area contributed by atoms with Crippen molar-refractivity contribution in [1.82, 2.24) is 25.0 Å². The maximum atomic E-state index is 5.71. The number of guanidine groups is 1. The number of nitrogens with zero attached hydrogens (tertiary/aromatic N) is 5. The van der Waals surface area contributed by atoms with Crippen molar-refractivity contribution in [3.63, 3.8) is 0 Å². The molecule has 1 unspecified atom stereocenters. The molecule has 0 amide bonds. The van der Waals surface area contributed by atoms with Crippen LogP contribution in [-0.2, 0) is 16.0 Å². The lowest BCUT2D eigenvalue weighted by Gasteiger charge is -2.21. The lowest BCUT2D eigenvalue weighted by molar-refractivity contribution is 0.0536. The third kappa shape index (κ3) is 6.03. The molecule has 0 radical (unpaired) electrons. The fraction of sp³-hybridized carbons (Fsp3) is 0.591. The number of aromatic nitrogens is 3. The molecule has 1 aliphatic rings. The molecule has 0 aromatic carbocycles. The minimum absolute atomic E-state index is 0.535. The molecule has 1 N–H and O–H groups in total. The number of likely N-dealkylation sites (tertiary alicyclic amines) is 1. The van der Waals surface area contributed by atoms with Crippen molar-refractivity contribution >= 4 is 5.96 Å². The van der Waals surface area contributed by atoms with Gasteiger partial charge in [0.15, 0.2) is 11.8 Å². The van der Waals surface area contributed by atoms with E-state index < -0.39 is 0 Å². The van der Waals surface area contributed by atoms with Gasteiger partial charge in [-0.3, -0.25) is 0 Å². The highest BCUT2D eigenvalue weighted by Crippen LogP contribution is 2.17.